The van der Waals surface area contributed by atoms with Gasteiger partial charge in [-0.15, -0.1) is 0 Å². The van der Waals surface area contributed by atoms with Crippen molar-refractivity contribution in [3.05, 3.63) is 35.9 Å². The third-order valence-corrected chi connectivity index (χ3v) is 4.19. The summed E-state index contributed by atoms with van der Waals surface area (Å²) < 4.78 is 17.1. The highest BCUT2D eigenvalue weighted by Gasteiger charge is 2.52. The summed E-state index contributed by atoms with van der Waals surface area (Å²) in [5.74, 6) is -0.355. The summed E-state index contributed by atoms with van der Waals surface area (Å²) in [5.41, 5.74) is 1.00. The lowest BCUT2D eigenvalue weighted by Gasteiger charge is -2.32. The molecule has 0 bridgehead atoms. The summed E-state index contributed by atoms with van der Waals surface area (Å²) in [6.07, 6.45) is 3.16. The van der Waals surface area contributed by atoms with Gasteiger partial charge in [0.1, 0.15) is 0 Å². The minimum atomic E-state index is -0.451. The molecule has 0 atom stereocenters. The Morgan fingerprint density at radius 3 is 2.36 bits per heavy atom. The van der Waals surface area contributed by atoms with E-state index in [1.54, 1.807) is 13.0 Å². The van der Waals surface area contributed by atoms with Gasteiger partial charge in [-0.05, 0) is 51.7 Å². The molecule has 22 heavy (non-hydrogen) atoms. The van der Waals surface area contributed by atoms with Crippen LogP contribution >= 0.6 is 0 Å². The number of ether oxygens (including phenoxy) is 1. The first-order chi connectivity index (χ1) is 10.3. The number of hydrogen-bond acceptors (Lipinski definition) is 4. The summed E-state index contributed by atoms with van der Waals surface area (Å²) >= 11 is 0. The minimum absolute atomic E-state index is 0.355. The fourth-order valence-electron chi connectivity index (χ4n) is 2.20. The maximum atomic E-state index is 11.5. The molecule has 1 fully saturated rings. The molecule has 1 heterocycles. The SMILES string of the molecule is CCOC(=O)/C=C/c1ccccc1B1OC(C)(C)C(C)(C)O1. The standard InChI is InChI=1S/C17H23BO4/c1-6-20-15(19)12-11-13-9-7-8-10-14(13)18-21-16(2,3)17(4,5)22-18/h7-12H,6H2,1-5H3/b12-11+. The van der Waals surface area contributed by atoms with Gasteiger partial charge in [-0.1, -0.05) is 24.3 Å². The zero-order chi connectivity index (χ0) is 16.4. The van der Waals surface area contributed by atoms with Crippen molar-refractivity contribution in [2.45, 2.75) is 45.8 Å². The number of hydrogen-bond donors (Lipinski definition) is 0. The Morgan fingerprint density at radius 1 is 1.18 bits per heavy atom. The molecule has 4 nitrogen and oxygen atoms in total. The van der Waals surface area contributed by atoms with E-state index in [1.807, 2.05) is 52.0 Å². The molecule has 5 heteroatoms. The van der Waals surface area contributed by atoms with Gasteiger partial charge in [-0.2, -0.15) is 0 Å². The number of esters is 1. The van der Waals surface area contributed by atoms with Crippen LogP contribution in [0.3, 0.4) is 0 Å². The summed E-state index contributed by atoms with van der Waals surface area (Å²) in [7, 11) is -0.451. The predicted molar refractivity (Wildman–Crippen MR) is 87.8 cm³/mol. The van der Waals surface area contributed by atoms with E-state index < -0.39 is 18.3 Å². The Kier molecular flexibility index (Phi) is 4.78. The van der Waals surface area contributed by atoms with E-state index in [0.29, 0.717) is 6.61 Å². The Morgan fingerprint density at radius 2 is 1.77 bits per heavy atom. The third kappa shape index (κ3) is 3.42. The molecule has 0 aromatic heterocycles. The number of rotatable bonds is 4. The Bertz CT molecular complexity index is 562. The molecule has 0 unspecified atom stereocenters. The summed E-state index contributed by atoms with van der Waals surface area (Å²) in [4.78, 5) is 11.5. The first-order valence-corrected chi connectivity index (χ1v) is 7.56. The molecule has 0 aliphatic carbocycles. The summed E-state index contributed by atoms with van der Waals surface area (Å²) in [6.45, 7) is 10.2. The molecule has 118 valence electrons. The fourth-order valence-corrected chi connectivity index (χ4v) is 2.20. The summed E-state index contributed by atoms with van der Waals surface area (Å²) in [6, 6.07) is 7.73. The highest BCUT2D eigenvalue weighted by Crippen LogP contribution is 2.36. The van der Waals surface area contributed by atoms with Crippen molar-refractivity contribution in [3.8, 4) is 0 Å². The van der Waals surface area contributed by atoms with E-state index in [2.05, 4.69) is 0 Å². The van der Waals surface area contributed by atoms with Crippen LogP contribution in [0.1, 0.15) is 40.2 Å². The molecular weight excluding hydrogens is 279 g/mol. The van der Waals surface area contributed by atoms with E-state index in [-0.39, 0.29) is 5.97 Å². The van der Waals surface area contributed by atoms with Crippen LogP contribution in [0.25, 0.3) is 6.08 Å². The van der Waals surface area contributed by atoms with Crippen molar-refractivity contribution in [1.29, 1.82) is 0 Å². The quantitative estimate of drug-likeness (QED) is 0.487. The Labute approximate surface area is 132 Å². The van der Waals surface area contributed by atoms with Gasteiger partial charge in [0.05, 0.1) is 17.8 Å². The molecule has 1 saturated heterocycles. The number of benzene rings is 1. The van der Waals surface area contributed by atoms with E-state index in [9.17, 15) is 4.79 Å². The van der Waals surface area contributed by atoms with Crippen molar-refractivity contribution >= 4 is 24.6 Å². The van der Waals surface area contributed by atoms with Gasteiger partial charge in [0.25, 0.3) is 0 Å². The molecule has 1 aromatic carbocycles. The average molecular weight is 302 g/mol. The molecule has 1 aromatic rings. The largest absolute Gasteiger partial charge is 0.495 e. The Hall–Kier alpha value is -1.59. The molecule has 0 N–H and O–H groups in total. The molecule has 0 radical (unpaired) electrons. The van der Waals surface area contributed by atoms with Gasteiger partial charge >= 0.3 is 13.1 Å². The third-order valence-electron chi connectivity index (χ3n) is 4.19. The lowest BCUT2D eigenvalue weighted by atomic mass is 9.76. The maximum Gasteiger partial charge on any atom is 0.495 e. The highest BCUT2D eigenvalue weighted by atomic mass is 16.7. The van der Waals surface area contributed by atoms with Crippen LogP contribution in [-0.2, 0) is 18.8 Å². The Balaban J connectivity index is 2.25. The number of carbonyl (C=O) groups is 1. The first-order valence-electron chi connectivity index (χ1n) is 7.56. The van der Waals surface area contributed by atoms with Crippen molar-refractivity contribution in [2.24, 2.45) is 0 Å². The zero-order valence-electron chi connectivity index (χ0n) is 13.9. The lowest BCUT2D eigenvalue weighted by molar-refractivity contribution is -0.137. The zero-order valence-corrected chi connectivity index (χ0v) is 13.9. The van der Waals surface area contributed by atoms with E-state index in [0.717, 1.165) is 11.0 Å². The van der Waals surface area contributed by atoms with Crippen molar-refractivity contribution in [1.82, 2.24) is 0 Å². The van der Waals surface area contributed by atoms with Gasteiger partial charge in [-0.25, -0.2) is 4.79 Å². The molecule has 1 aliphatic heterocycles. The second-order valence-electron chi connectivity index (χ2n) is 6.30. The van der Waals surface area contributed by atoms with Crippen LogP contribution in [0, 0.1) is 0 Å². The average Bonchev–Trinajstić information content (AvgIpc) is 2.66. The van der Waals surface area contributed by atoms with Gasteiger partial charge in [0.2, 0.25) is 0 Å². The van der Waals surface area contributed by atoms with Crippen LogP contribution in [0.4, 0.5) is 0 Å². The van der Waals surface area contributed by atoms with Crippen molar-refractivity contribution < 1.29 is 18.8 Å². The first kappa shape index (κ1) is 16.8. The van der Waals surface area contributed by atoms with Crippen molar-refractivity contribution in [2.75, 3.05) is 6.61 Å². The van der Waals surface area contributed by atoms with Gasteiger partial charge < -0.3 is 14.0 Å². The van der Waals surface area contributed by atoms with E-state index in [4.69, 9.17) is 14.0 Å². The van der Waals surface area contributed by atoms with Gasteiger partial charge in [0, 0.05) is 6.08 Å². The lowest BCUT2D eigenvalue weighted by Crippen LogP contribution is -2.41. The maximum absolute atomic E-state index is 11.5. The monoisotopic (exact) mass is 302 g/mol. The second kappa shape index (κ2) is 6.27. The van der Waals surface area contributed by atoms with Gasteiger partial charge in [-0.3, -0.25) is 0 Å². The highest BCUT2D eigenvalue weighted by molar-refractivity contribution is 6.63. The van der Waals surface area contributed by atoms with Crippen LogP contribution in [0.2, 0.25) is 0 Å². The molecule has 0 saturated carbocycles. The van der Waals surface area contributed by atoms with E-state index in [1.165, 1.54) is 6.08 Å². The molecule has 2 rings (SSSR count). The van der Waals surface area contributed by atoms with Crippen LogP contribution in [0.15, 0.2) is 30.3 Å². The van der Waals surface area contributed by atoms with E-state index >= 15 is 0 Å². The normalized spacial score (nSPS) is 19.6. The molecule has 1 aliphatic rings. The molecule has 0 amide bonds. The van der Waals surface area contributed by atoms with Crippen LogP contribution < -0.4 is 5.46 Å². The number of carbonyl (C=O) groups excluding carboxylic acids is 1. The van der Waals surface area contributed by atoms with Crippen LogP contribution in [-0.4, -0.2) is 30.9 Å². The molecular formula is C17H23BO4. The second-order valence-corrected chi connectivity index (χ2v) is 6.30. The minimum Gasteiger partial charge on any atom is -0.463 e. The topological polar surface area (TPSA) is 44.8 Å². The molecule has 0 spiro atoms. The fraction of sp³-hybridized carbons (Fsp3) is 0.471. The van der Waals surface area contributed by atoms with Crippen LogP contribution in [0.5, 0.6) is 0 Å². The smallest absolute Gasteiger partial charge is 0.463 e. The summed E-state index contributed by atoms with van der Waals surface area (Å²) in [5, 5.41) is 0. The predicted octanol–water partition coefficient (Wildman–Crippen LogP) is 2.56. The van der Waals surface area contributed by atoms with Gasteiger partial charge in [0.15, 0.2) is 0 Å². The van der Waals surface area contributed by atoms with Crippen molar-refractivity contribution in [3.63, 3.8) is 0 Å².